The van der Waals surface area contributed by atoms with Crippen LogP contribution < -0.4 is 10.0 Å². The van der Waals surface area contributed by atoms with Crippen LogP contribution in [0.15, 0.2) is 0 Å². The van der Waals surface area contributed by atoms with E-state index in [4.69, 9.17) is 0 Å². The molecular weight excluding hydrogens is 250 g/mol. The van der Waals surface area contributed by atoms with Gasteiger partial charge in [0.05, 0.1) is 5.25 Å². The van der Waals surface area contributed by atoms with E-state index in [0.717, 1.165) is 19.6 Å². The average Bonchev–Trinajstić information content (AvgIpc) is 2.26. The first-order valence-corrected chi connectivity index (χ1v) is 8.11. The van der Waals surface area contributed by atoms with Crippen molar-refractivity contribution in [3.05, 3.63) is 0 Å². The fourth-order valence-electron chi connectivity index (χ4n) is 2.43. The Morgan fingerprint density at radius 3 is 2.33 bits per heavy atom. The van der Waals surface area contributed by atoms with E-state index in [0.29, 0.717) is 19.4 Å². The van der Waals surface area contributed by atoms with E-state index in [1.807, 2.05) is 14.1 Å². The lowest BCUT2D eigenvalue weighted by atomic mass is 9.93. The predicted octanol–water partition coefficient (Wildman–Crippen LogP) is 0.246. The third-order valence-electron chi connectivity index (χ3n) is 3.22. The molecule has 0 aliphatic carbocycles. The van der Waals surface area contributed by atoms with Gasteiger partial charge in [-0.25, -0.2) is 13.1 Å². The highest BCUT2D eigenvalue weighted by molar-refractivity contribution is 7.90. The molecule has 1 heterocycles. The summed E-state index contributed by atoms with van der Waals surface area (Å²) in [6.45, 7) is 7.12. The second-order valence-electron chi connectivity index (χ2n) is 6.22. The minimum atomic E-state index is -3.16. The van der Waals surface area contributed by atoms with Gasteiger partial charge in [0.25, 0.3) is 0 Å². The Labute approximate surface area is 111 Å². The Bertz CT molecular complexity index is 346. The molecule has 6 heteroatoms. The zero-order valence-electron chi connectivity index (χ0n) is 12.0. The van der Waals surface area contributed by atoms with Crippen LogP contribution in [0, 0.1) is 5.41 Å². The minimum absolute atomic E-state index is 0.0521. The first-order chi connectivity index (χ1) is 8.23. The minimum Gasteiger partial charge on any atom is -0.317 e. The molecule has 0 radical (unpaired) electrons. The Hall–Kier alpha value is -0.170. The van der Waals surface area contributed by atoms with E-state index in [1.54, 1.807) is 0 Å². The van der Waals surface area contributed by atoms with Crippen molar-refractivity contribution in [2.45, 2.75) is 31.9 Å². The smallest absolute Gasteiger partial charge is 0.214 e. The van der Waals surface area contributed by atoms with Crippen LogP contribution in [0.1, 0.15) is 26.7 Å². The van der Waals surface area contributed by atoms with Crippen molar-refractivity contribution in [2.75, 3.05) is 40.3 Å². The molecule has 1 saturated heterocycles. The monoisotopic (exact) mass is 277 g/mol. The molecule has 1 fully saturated rings. The van der Waals surface area contributed by atoms with Crippen molar-refractivity contribution in [1.82, 2.24) is 14.9 Å². The standard InChI is InChI=1S/C12H27N3O2S/c1-12(2,10-15(3)4)9-14-18(16,17)11-5-7-13-8-6-11/h11,13-14H,5-10H2,1-4H3. The molecule has 0 aromatic rings. The molecule has 0 spiro atoms. The largest absolute Gasteiger partial charge is 0.317 e. The van der Waals surface area contributed by atoms with Gasteiger partial charge in [-0.15, -0.1) is 0 Å². The van der Waals surface area contributed by atoms with Gasteiger partial charge in [-0.1, -0.05) is 13.8 Å². The van der Waals surface area contributed by atoms with Gasteiger partial charge < -0.3 is 10.2 Å². The Balaban J connectivity index is 2.50. The molecule has 18 heavy (non-hydrogen) atoms. The highest BCUT2D eigenvalue weighted by Crippen LogP contribution is 2.17. The van der Waals surface area contributed by atoms with Crippen LogP contribution >= 0.6 is 0 Å². The topological polar surface area (TPSA) is 61.4 Å². The maximum absolute atomic E-state index is 12.2. The van der Waals surface area contributed by atoms with Crippen LogP contribution in [-0.4, -0.2) is 58.8 Å². The van der Waals surface area contributed by atoms with Crippen LogP contribution in [0.25, 0.3) is 0 Å². The maximum atomic E-state index is 12.2. The molecule has 0 saturated carbocycles. The highest BCUT2D eigenvalue weighted by atomic mass is 32.2. The summed E-state index contributed by atoms with van der Waals surface area (Å²) in [5, 5.41) is 2.96. The molecular formula is C12H27N3O2S. The number of hydrogen-bond acceptors (Lipinski definition) is 4. The first kappa shape index (κ1) is 15.9. The molecule has 2 N–H and O–H groups in total. The molecule has 5 nitrogen and oxygen atoms in total. The number of rotatable bonds is 6. The van der Waals surface area contributed by atoms with Crippen LogP contribution in [0.5, 0.6) is 0 Å². The molecule has 0 aromatic carbocycles. The molecule has 0 aromatic heterocycles. The van der Waals surface area contributed by atoms with Crippen molar-refractivity contribution in [1.29, 1.82) is 0 Å². The van der Waals surface area contributed by atoms with Crippen LogP contribution in [0.4, 0.5) is 0 Å². The van der Waals surface area contributed by atoms with E-state index < -0.39 is 10.0 Å². The SMILES string of the molecule is CN(C)CC(C)(C)CNS(=O)(=O)C1CCNCC1. The quantitative estimate of drug-likeness (QED) is 0.730. The van der Waals surface area contributed by atoms with Gasteiger partial charge >= 0.3 is 0 Å². The lowest BCUT2D eigenvalue weighted by Crippen LogP contribution is -2.46. The van der Waals surface area contributed by atoms with Crippen molar-refractivity contribution in [2.24, 2.45) is 5.41 Å². The van der Waals surface area contributed by atoms with Crippen molar-refractivity contribution in [3.63, 3.8) is 0 Å². The normalized spacial score (nSPS) is 19.4. The van der Waals surface area contributed by atoms with Crippen molar-refractivity contribution >= 4 is 10.0 Å². The van der Waals surface area contributed by atoms with E-state index in [9.17, 15) is 8.42 Å². The second-order valence-corrected chi connectivity index (χ2v) is 8.26. The zero-order chi connectivity index (χ0) is 13.8. The third-order valence-corrected chi connectivity index (χ3v) is 5.12. The molecule has 0 bridgehead atoms. The Morgan fingerprint density at radius 2 is 1.83 bits per heavy atom. The average molecular weight is 277 g/mol. The number of hydrogen-bond donors (Lipinski definition) is 2. The number of nitrogens with one attached hydrogen (secondary N) is 2. The summed E-state index contributed by atoms with van der Waals surface area (Å²) in [5.41, 5.74) is -0.0521. The summed E-state index contributed by atoms with van der Waals surface area (Å²) in [6.07, 6.45) is 1.42. The molecule has 0 amide bonds. The summed E-state index contributed by atoms with van der Waals surface area (Å²) in [5.74, 6) is 0. The molecule has 108 valence electrons. The third kappa shape index (κ3) is 5.22. The van der Waals surface area contributed by atoms with Gasteiger partial charge in [0.2, 0.25) is 10.0 Å². The molecule has 1 aliphatic heterocycles. The fraction of sp³-hybridized carbons (Fsp3) is 1.00. The summed E-state index contributed by atoms with van der Waals surface area (Å²) in [4.78, 5) is 2.08. The summed E-state index contributed by atoms with van der Waals surface area (Å²) in [6, 6.07) is 0. The van der Waals surface area contributed by atoms with E-state index in [-0.39, 0.29) is 10.7 Å². The lowest BCUT2D eigenvalue weighted by molar-refractivity contribution is 0.242. The zero-order valence-corrected chi connectivity index (χ0v) is 12.8. The molecule has 0 unspecified atom stereocenters. The van der Waals surface area contributed by atoms with Crippen LogP contribution in [0.2, 0.25) is 0 Å². The van der Waals surface area contributed by atoms with E-state index >= 15 is 0 Å². The lowest BCUT2D eigenvalue weighted by Gasteiger charge is -2.30. The fourth-order valence-corrected chi connectivity index (χ4v) is 4.12. The molecule has 1 rings (SSSR count). The van der Waals surface area contributed by atoms with Gasteiger partial charge in [-0.05, 0) is 45.4 Å². The Morgan fingerprint density at radius 1 is 1.28 bits per heavy atom. The number of piperidine rings is 1. The van der Waals surface area contributed by atoms with Gasteiger partial charge in [0.1, 0.15) is 0 Å². The van der Waals surface area contributed by atoms with Crippen molar-refractivity contribution < 1.29 is 8.42 Å². The predicted molar refractivity (Wildman–Crippen MR) is 75.1 cm³/mol. The molecule has 1 aliphatic rings. The van der Waals surface area contributed by atoms with Crippen molar-refractivity contribution in [3.8, 4) is 0 Å². The summed E-state index contributed by atoms with van der Waals surface area (Å²) >= 11 is 0. The highest BCUT2D eigenvalue weighted by Gasteiger charge is 2.29. The summed E-state index contributed by atoms with van der Waals surface area (Å²) in [7, 11) is 0.845. The van der Waals surface area contributed by atoms with Gasteiger partial charge in [0.15, 0.2) is 0 Å². The Kier molecular flexibility index (Phi) is 5.58. The van der Waals surface area contributed by atoms with E-state index in [2.05, 4.69) is 28.8 Å². The maximum Gasteiger partial charge on any atom is 0.214 e. The first-order valence-electron chi connectivity index (χ1n) is 6.57. The van der Waals surface area contributed by atoms with E-state index in [1.165, 1.54) is 0 Å². The van der Waals surface area contributed by atoms with Gasteiger partial charge in [0, 0.05) is 13.1 Å². The molecule has 0 atom stereocenters. The summed E-state index contributed by atoms with van der Waals surface area (Å²) < 4.78 is 27.1. The number of nitrogens with zero attached hydrogens (tertiary/aromatic N) is 1. The van der Waals surface area contributed by atoms with Crippen LogP contribution in [-0.2, 0) is 10.0 Å². The van der Waals surface area contributed by atoms with Gasteiger partial charge in [-0.2, -0.15) is 0 Å². The number of sulfonamides is 1. The second kappa shape index (κ2) is 6.32. The van der Waals surface area contributed by atoms with Crippen LogP contribution in [0.3, 0.4) is 0 Å². The van der Waals surface area contributed by atoms with Gasteiger partial charge in [-0.3, -0.25) is 0 Å².